The highest BCUT2D eigenvalue weighted by atomic mass is 35.5. The molecule has 0 aromatic heterocycles. The van der Waals surface area contributed by atoms with E-state index in [1.54, 1.807) is 0 Å². The highest BCUT2D eigenvalue weighted by Gasteiger charge is 2.57. The summed E-state index contributed by atoms with van der Waals surface area (Å²) in [4.78, 5) is -0.262. The second kappa shape index (κ2) is 5.75. The smallest absolute Gasteiger partial charge is 0.381 e. The molecule has 0 bridgehead atoms. The van der Waals surface area contributed by atoms with Gasteiger partial charge in [-0.25, -0.2) is 8.42 Å². The average molecular weight is 344 g/mol. The minimum absolute atomic E-state index is 0.150. The molecule has 0 unspecified atom stereocenters. The van der Waals surface area contributed by atoms with Crippen molar-refractivity contribution < 1.29 is 26.3 Å². The predicted molar refractivity (Wildman–Crippen MR) is 70.6 cm³/mol. The van der Waals surface area contributed by atoms with E-state index < -0.39 is 34.6 Å². The third-order valence-corrected chi connectivity index (χ3v) is 5.15. The Morgan fingerprint density at radius 3 is 2.14 bits per heavy atom. The molecule has 0 radical (unpaired) electrons. The Morgan fingerprint density at radius 2 is 1.67 bits per heavy atom. The summed E-state index contributed by atoms with van der Waals surface area (Å²) in [5.74, 6) is 0. The van der Waals surface area contributed by atoms with Gasteiger partial charge in [-0.1, -0.05) is 11.6 Å². The molecule has 1 saturated heterocycles. The van der Waals surface area contributed by atoms with E-state index in [9.17, 15) is 21.6 Å². The fraction of sp³-hybridized carbons (Fsp3) is 0.500. The van der Waals surface area contributed by atoms with Crippen LogP contribution in [-0.4, -0.2) is 33.3 Å². The number of benzene rings is 1. The van der Waals surface area contributed by atoms with Gasteiger partial charge in [0, 0.05) is 18.2 Å². The van der Waals surface area contributed by atoms with Gasteiger partial charge in [0.05, 0.1) is 4.90 Å². The molecular weight excluding hydrogens is 331 g/mol. The minimum Gasteiger partial charge on any atom is -0.381 e. The van der Waals surface area contributed by atoms with Crippen LogP contribution in [0.25, 0.3) is 0 Å². The topological polar surface area (TPSA) is 55.4 Å². The lowest BCUT2D eigenvalue weighted by Gasteiger charge is -2.38. The molecule has 0 atom stereocenters. The zero-order chi connectivity index (χ0) is 15.7. The van der Waals surface area contributed by atoms with Crippen LogP contribution >= 0.6 is 11.6 Å². The zero-order valence-corrected chi connectivity index (χ0v) is 12.4. The Balaban J connectivity index is 2.34. The fourth-order valence-corrected chi connectivity index (χ4v) is 3.67. The van der Waals surface area contributed by atoms with Gasteiger partial charge in [0.15, 0.2) is 0 Å². The van der Waals surface area contributed by atoms with Gasteiger partial charge in [-0.2, -0.15) is 17.9 Å². The Bertz CT molecular complexity index is 595. The van der Waals surface area contributed by atoms with E-state index in [2.05, 4.69) is 0 Å². The summed E-state index contributed by atoms with van der Waals surface area (Å²) in [6, 6.07) is 4.93. The van der Waals surface area contributed by atoms with Crippen LogP contribution in [0.2, 0.25) is 5.02 Å². The first-order chi connectivity index (χ1) is 9.66. The Hall–Kier alpha value is -0.830. The molecule has 0 aliphatic carbocycles. The summed E-state index contributed by atoms with van der Waals surface area (Å²) in [7, 11) is -4.30. The molecule has 1 aromatic rings. The lowest BCUT2D eigenvalue weighted by Crippen LogP contribution is -2.61. The van der Waals surface area contributed by atoms with E-state index >= 15 is 0 Å². The summed E-state index contributed by atoms with van der Waals surface area (Å²) in [5.41, 5.74) is -2.50. The number of sulfonamides is 1. The molecule has 4 nitrogen and oxygen atoms in total. The summed E-state index contributed by atoms with van der Waals surface area (Å²) >= 11 is 5.64. The molecule has 1 heterocycles. The van der Waals surface area contributed by atoms with Crippen molar-refractivity contribution in [1.29, 1.82) is 0 Å². The number of alkyl halides is 3. The third-order valence-electron chi connectivity index (χ3n) is 3.34. The van der Waals surface area contributed by atoms with Crippen molar-refractivity contribution in [3.63, 3.8) is 0 Å². The van der Waals surface area contributed by atoms with E-state index in [4.69, 9.17) is 16.3 Å². The highest BCUT2D eigenvalue weighted by Crippen LogP contribution is 2.39. The largest absolute Gasteiger partial charge is 0.407 e. The molecule has 1 aliphatic rings. The van der Waals surface area contributed by atoms with Gasteiger partial charge in [-0.3, -0.25) is 0 Å². The molecule has 9 heteroatoms. The number of halogens is 4. The molecule has 1 aliphatic heterocycles. The van der Waals surface area contributed by atoms with Gasteiger partial charge in [0.2, 0.25) is 10.0 Å². The molecular formula is C12H13ClF3NO3S. The van der Waals surface area contributed by atoms with Crippen LogP contribution in [0.3, 0.4) is 0 Å². The number of ether oxygens (including phenoxy) is 1. The molecule has 1 fully saturated rings. The first-order valence-electron chi connectivity index (χ1n) is 6.10. The van der Waals surface area contributed by atoms with E-state index in [0.29, 0.717) is 5.02 Å². The highest BCUT2D eigenvalue weighted by molar-refractivity contribution is 7.89. The number of hydrogen-bond acceptors (Lipinski definition) is 3. The first-order valence-corrected chi connectivity index (χ1v) is 7.96. The van der Waals surface area contributed by atoms with Crippen molar-refractivity contribution in [2.75, 3.05) is 13.2 Å². The Kier molecular flexibility index (Phi) is 4.53. The fourth-order valence-electron chi connectivity index (χ4n) is 2.09. The second-order valence-electron chi connectivity index (χ2n) is 4.75. The van der Waals surface area contributed by atoms with Crippen LogP contribution in [-0.2, 0) is 14.8 Å². The van der Waals surface area contributed by atoms with Crippen LogP contribution in [0.4, 0.5) is 13.2 Å². The van der Waals surface area contributed by atoms with Crippen LogP contribution in [0.1, 0.15) is 12.8 Å². The Labute approximate surface area is 125 Å². The van der Waals surface area contributed by atoms with Crippen LogP contribution in [0.5, 0.6) is 0 Å². The zero-order valence-electron chi connectivity index (χ0n) is 10.8. The third kappa shape index (κ3) is 3.50. The second-order valence-corrected chi connectivity index (χ2v) is 6.87. The van der Waals surface area contributed by atoms with Gasteiger partial charge in [-0.15, -0.1) is 0 Å². The number of rotatable bonds is 3. The van der Waals surface area contributed by atoms with Crippen molar-refractivity contribution in [3.8, 4) is 0 Å². The van der Waals surface area contributed by atoms with Gasteiger partial charge in [-0.05, 0) is 37.1 Å². The van der Waals surface area contributed by atoms with E-state index in [-0.39, 0.29) is 18.1 Å². The number of hydrogen-bond donors (Lipinski definition) is 1. The molecule has 1 aromatic carbocycles. The monoisotopic (exact) mass is 343 g/mol. The van der Waals surface area contributed by atoms with E-state index in [1.807, 2.05) is 4.72 Å². The summed E-state index contributed by atoms with van der Waals surface area (Å²) < 4.78 is 71.0. The van der Waals surface area contributed by atoms with Gasteiger partial charge in [0.25, 0.3) is 0 Å². The maximum Gasteiger partial charge on any atom is 0.407 e. The standard InChI is InChI=1S/C12H13ClF3NO3S/c13-9-1-3-10(4-2-9)21(18,19)17-11(12(14,15)16)5-7-20-8-6-11/h1-4,17H,5-8H2. The summed E-state index contributed by atoms with van der Waals surface area (Å²) in [6.45, 7) is -0.300. The normalized spacial score (nSPS) is 19.4. The molecule has 2 rings (SSSR count). The maximum absolute atomic E-state index is 13.3. The van der Waals surface area contributed by atoms with E-state index in [0.717, 1.165) is 12.1 Å². The van der Waals surface area contributed by atoms with Crippen molar-refractivity contribution in [1.82, 2.24) is 4.72 Å². The lowest BCUT2D eigenvalue weighted by molar-refractivity contribution is -0.210. The first kappa shape index (κ1) is 16.5. The van der Waals surface area contributed by atoms with Crippen molar-refractivity contribution in [2.24, 2.45) is 0 Å². The molecule has 21 heavy (non-hydrogen) atoms. The average Bonchev–Trinajstić information content (AvgIpc) is 2.38. The van der Waals surface area contributed by atoms with Gasteiger partial charge >= 0.3 is 6.18 Å². The summed E-state index contributed by atoms with van der Waals surface area (Å²) in [5, 5.41) is 0.297. The SMILES string of the molecule is O=S(=O)(NC1(C(F)(F)F)CCOCC1)c1ccc(Cl)cc1. The number of nitrogens with one attached hydrogen (secondary N) is 1. The van der Waals surface area contributed by atoms with Crippen molar-refractivity contribution in [3.05, 3.63) is 29.3 Å². The van der Waals surface area contributed by atoms with Crippen molar-refractivity contribution in [2.45, 2.75) is 29.5 Å². The van der Waals surface area contributed by atoms with E-state index in [1.165, 1.54) is 12.1 Å². The summed E-state index contributed by atoms with van der Waals surface area (Å²) in [6.07, 6.45) is -5.61. The molecule has 0 spiro atoms. The van der Waals surface area contributed by atoms with Crippen molar-refractivity contribution >= 4 is 21.6 Å². The quantitative estimate of drug-likeness (QED) is 0.918. The molecule has 1 N–H and O–H groups in total. The lowest BCUT2D eigenvalue weighted by atomic mass is 9.91. The van der Waals surface area contributed by atoms with Crippen LogP contribution < -0.4 is 4.72 Å². The predicted octanol–water partition coefficient (Wildman–Crippen LogP) is 2.73. The Morgan fingerprint density at radius 1 is 1.14 bits per heavy atom. The van der Waals surface area contributed by atoms with Crippen LogP contribution in [0, 0.1) is 0 Å². The minimum atomic E-state index is -4.70. The molecule has 0 amide bonds. The molecule has 0 saturated carbocycles. The molecule has 118 valence electrons. The van der Waals surface area contributed by atoms with Gasteiger partial charge < -0.3 is 4.74 Å². The maximum atomic E-state index is 13.3. The van der Waals surface area contributed by atoms with Gasteiger partial charge in [0.1, 0.15) is 5.54 Å². The van der Waals surface area contributed by atoms with Crippen LogP contribution in [0.15, 0.2) is 29.2 Å².